The highest BCUT2D eigenvalue weighted by molar-refractivity contribution is 7.10. The summed E-state index contributed by atoms with van der Waals surface area (Å²) in [5.74, 6) is 1.55. The van der Waals surface area contributed by atoms with E-state index in [1.807, 2.05) is 18.4 Å². The second-order valence-electron chi connectivity index (χ2n) is 6.83. The van der Waals surface area contributed by atoms with Crippen LogP contribution in [0.1, 0.15) is 36.6 Å². The molecule has 2 saturated heterocycles. The maximum atomic E-state index is 5.43. The molecule has 2 aliphatic heterocycles. The van der Waals surface area contributed by atoms with E-state index in [0.717, 1.165) is 38.6 Å². The number of aliphatic imine (C=N–C) groups is 1. The van der Waals surface area contributed by atoms with E-state index in [1.54, 1.807) is 0 Å². The predicted molar refractivity (Wildman–Crippen MR) is 101 cm³/mol. The summed E-state index contributed by atoms with van der Waals surface area (Å²) in [4.78, 5) is 8.41. The fraction of sp³-hybridized carbons (Fsp3) is 0.722. The Hall–Kier alpha value is -1.11. The van der Waals surface area contributed by atoms with Gasteiger partial charge >= 0.3 is 0 Å². The van der Waals surface area contributed by atoms with Gasteiger partial charge < -0.3 is 15.4 Å². The molecule has 0 radical (unpaired) electrons. The Morgan fingerprint density at radius 2 is 2.21 bits per heavy atom. The molecule has 0 aromatic carbocycles. The lowest BCUT2D eigenvalue weighted by molar-refractivity contribution is 0.0821. The van der Waals surface area contributed by atoms with Crippen molar-refractivity contribution in [1.29, 1.82) is 0 Å². The number of hydrogen-bond donors (Lipinski definition) is 2. The van der Waals surface area contributed by atoms with Gasteiger partial charge in [0.1, 0.15) is 0 Å². The average Bonchev–Trinajstić information content (AvgIpc) is 3.13. The van der Waals surface area contributed by atoms with Crippen LogP contribution in [0.25, 0.3) is 0 Å². The molecule has 0 saturated carbocycles. The Labute approximate surface area is 149 Å². The second kappa shape index (κ2) is 8.83. The molecule has 3 rings (SSSR count). The zero-order valence-electron chi connectivity index (χ0n) is 14.8. The molecule has 0 spiro atoms. The fourth-order valence-electron chi connectivity index (χ4n) is 3.84. The van der Waals surface area contributed by atoms with E-state index in [4.69, 9.17) is 4.74 Å². The molecule has 0 bridgehead atoms. The minimum absolute atomic E-state index is 0.479. The molecular weight excluding hydrogens is 320 g/mol. The van der Waals surface area contributed by atoms with Crippen LogP contribution in [0.5, 0.6) is 0 Å². The van der Waals surface area contributed by atoms with Gasteiger partial charge in [0.05, 0.1) is 0 Å². The SMILES string of the molecule is CN=C(NCC1CCCN(C)C1c1cccs1)NC1CCOCC1. The largest absolute Gasteiger partial charge is 0.381 e. The van der Waals surface area contributed by atoms with Crippen molar-refractivity contribution in [2.24, 2.45) is 10.9 Å². The van der Waals surface area contributed by atoms with Gasteiger partial charge in [0.25, 0.3) is 0 Å². The third kappa shape index (κ3) is 4.49. The molecule has 1 aromatic heterocycles. The lowest BCUT2D eigenvalue weighted by Crippen LogP contribution is -2.48. The quantitative estimate of drug-likeness (QED) is 0.647. The van der Waals surface area contributed by atoms with E-state index in [-0.39, 0.29) is 0 Å². The van der Waals surface area contributed by atoms with Gasteiger partial charge in [0.2, 0.25) is 0 Å². The topological polar surface area (TPSA) is 48.9 Å². The predicted octanol–water partition coefficient (Wildman–Crippen LogP) is 2.48. The zero-order chi connectivity index (χ0) is 16.8. The van der Waals surface area contributed by atoms with Crippen molar-refractivity contribution >= 4 is 17.3 Å². The van der Waals surface area contributed by atoms with Gasteiger partial charge in [-0.2, -0.15) is 0 Å². The third-order valence-electron chi connectivity index (χ3n) is 5.16. The van der Waals surface area contributed by atoms with Gasteiger partial charge in [0, 0.05) is 43.8 Å². The van der Waals surface area contributed by atoms with Crippen LogP contribution < -0.4 is 10.6 Å². The van der Waals surface area contributed by atoms with Crippen molar-refractivity contribution in [3.05, 3.63) is 22.4 Å². The molecule has 2 unspecified atom stereocenters. The lowest BCUT2D eigenvalue weighted by Gasteiger charge is -2.39. The van der Waals surface area contributed by atoms with Gasteiger partial charge in [0.15, 0.2) is 5.96 Å². The van der Waals surface area contributed by atoms with Gasteiger partial charge in [-0.3, -0.25) is 9.89 Å². The first kappa shape index (κ1) is 17.7. The molecule has 2 N–H and O–H groups in total. The summed E-state index contributed by atoms with van der Waals surface area (Å²) in [7, 11) is 4.12. The number of ether oxygens (including phenoxy) is 1. The summed E-state index contributed by atoms with van der Waals surface area (Å²) in [6.45, 7) is 3.86. The molecular formula is C18H30N4OS. The summed E-state index contributed by atoms with van der Waals surface area (Å²) < 4.78 is 5.43. The minimum atomic E-state index is 0.479. The molecule has 1 aromatic rings. The number of likely N-dealkylation sites (tertiary alicyclic amines) is 1. The van der Waals surface area contributed by atoms with Gasteiger partial charge in [-0.05, 0) is 56.6 Å². The number of thiophene rings is 1. The standard InChI is InChI=1S/C18H30N4OS/c1-19-18(21-15-7-10-23-11-8-15)20-13-14-5-3-9-22(2)17(14)16-6-4-12-24-16/h4,6,12,14-15,17H,3,5,7-11,13H2,1-2H3,(H2,19,20,21). The summed E-state index contributed by atoms with van der Waals surface area (Å²) in [5.41, 5.74) is 0. The summed E-state index contributed by atoms with van der Waals surface area (Å²) in [6.07, 6.45) is 4.67. The van der Waals surface area contributed by atoms with Crippen LogP contribution in [0.2, 0.25) is 0 Å². The minimum Gasteiger partial charge on any atom is -0.381 e. The van der Waals surface area contributed by atoms with Crippen molar-refractivity contribution in [3.8, 4) is 0 Å². The van der Waals surface area contributed by atoms with E-state index in [9.17, 15) is 0 Å². The number of nitrogens with one attached hydrogen (secondary N) is 2. The number of guanidine groups is 1. The van der Waals surface area contributed by atoms with E-state index in [0.29, 0.717) is 18.0 Å². The van der Waals surface area contributed by atoms with Crippen LogP contribution in [-0.4, -0.2) is 57.3 Å². The Kier molecular flexibility index (Phi) is 6.51. The normalized spacial score (nSPS) is 27.2. The number of rotatable bonds is 4. The van der Waals surface area contributed by atoms with E-state index >= 15 is 0 Å². The number of hydrogen-bond acceptors (Lipinski definition) is 4. The van der Waals surface area contributed by atoms with Crippen LogP contribution in [0, 0.1) is 5.92 Å². The summed E-state index contributed by atoms with van der Waals surface area (Å²) >= 11 is 1.88. The maximum absolute atomic E-state index is 5.43. The van der Waals surface area contributed by atoms with Gasteiger partial charge in [-0.15, -0.1) is 11.3 Å². The number of nitrogens with zero attached hydrogens (tertiary/aromatic N) is 2. The molecule has 2 fully saturated rings. The number of piperidine rings is 1. The molecule has 6 heteroatoms. The van der Waals surface area contributed by atoms with Crippen molar-refractivity contribution in [2.45, 2.75) is 37.8 Å². The summed E-state index contributed by atoms with van der Waals surface area (Å²) in [5, 5.41) is 9.32. The van der Waals surface area contributed by atoms with Crippen LogP contribution in [0.4, 0.5) is 0 Å². The molecule has 3 heterocycles. The Bertz CT molecular complexity index is 513. The maximum Gasteiger partial charge on any atom is 0.191 e. The summed E-state index contributed by atoms with van der Waals surface area (Å²) in [6, 6.07) is 5.44. The van der Waals surface area contributed by atoms with Gasteiger partial charge in [-0.25, -0.2) is 0 Å². The van der Waals surface area contributed by atoms with E-state index in [2.05, 4.69) is 45.1 Å². The van der Waals surface area contributed by atoms with Crippen LogP contribution in [0.15, 0.2) is 22.5 Å². The highest BCUT2D eigenvalue weighted by Gasteiger charge is 2.31. The molecule has 2 aliphatic rings. The highest BCUT2D eigenvalue weighted by Crippen LogP contribution is 2.36. The lowest BCUT2D eigenvalue weighted by atomic mass is 9.88. The molecule has 0 aliphatic carbocycles. The molecule has 0 amide bonds. The molecule has 24 heavy (non-hydrogen) atoms. The average molecular weight is 351 g/mol. The second-order valence-corrected chi connectivity index (χ2v) is 7.81. The first-order valence-corrected chi connectivity index (χ1v) is 9.94. The smallest absolute Gasteiger partial charge is 0.191 e. The van der Waals surface area contributed by atoms with Crippen molar-refractivity contribution < 1.29 is 4.74 Å². The van der Waals surface area contributed by atoms with Crippen LogP contribution >= 0.6 is 11.3 Å². The molecule has 5 nitrogen and oxygen atoms in total. The Balaban J connectivity index is 1.56. The first-order chi connectivity index (χ1) is 11.8. The van der Waals surface area contributed by atoms with E-state index < -0.39 is 0 Å². The monoisotopic (exact) mass is 350 g/mol. The van der Waals surface area contributed by atoms with Crippen molar-refractivity contribution in [2.75, 3.05) is 40.4 Å². The Morgan fingerprint density at radius 3 is 2.92 bits per heavy atom. The van der Waals surface area contributed by atoms with Crippen LogP contribution in [0.3, 0.4) is 0 Å². The highest BCUT2D eigenvalue weighted by atomic mass is 32.1. The van der Waals surface area contributed by atoms with Crippen molar-refractivity contribution in [3.63, 3.8) is 0 Å². The molecule has 2 atom stereocenters. The fourth-order valence-corrected chi connectivity index (χ4v) is 4.82. The first-order valence-electron chi connectivity index (χ1n) is 9.06. The zero-order valence-corrected chi connectivity index (χ0v) is 15.6. The van der Waals surface area contributed by atoms with E-state index in [1.165, 1.54) is 24.3 Å². The van der Waals surface area contributed by atoms with Crippen molar-refractivity contribution in [1.82, 2.24) is 15.5 Å². The Morgan fingerprint density at radius 1 is 1.38 bits per heavy atom. The third-order valence-corrected chi connectivity index (χ3v) is 6.10. The molecule has 134 valence electrons. The van der Waals surface area contributed by atoms with Crippen LogP contribution in [-0.2, 0) is 4.74 Å². The van der Waals surface area contributed by atoms with Gasteiger partial charge in [-0.1, -0.05) is 6.07 Å².